The lowest BCUT2D eigenvalue weighted by molar-refractivity contribution is -0.197. The van der Waals surface area contributed by atoms with Crippen LogP contribution >= 0.6 is 0 Å². The molecule has 1 saturated carbocycles. The fourth-order valence-electron chi connectivity index (χ4n) is 3.75. The summed E-state index contributed by atoms with van der Waals surface area (Å²) < 4.78 is 51.0. The molecule has 2 aliphatic rings. The van der Waals surface area contributed by atoms with Crippen molar-refractivity contribution in [1.82, 2.24) is 4.72 Å². The van der Waals surface area contributed by atoms with E-state index in [-0.39, 0.29) is 23.5 Å². The molecule has 3 unspecified atom stereocenters. The van der Waals surface area contributed by atoms with Crippen molar-refractivity contribution in [3.8, 4) is 11.5 Å². The summed E-state index contributed by atoms with van der Waals surface area (Å²) in [6, 6.07) is 8.73. The van der Waals surface area contributed by atoms with Gasteiger partial charge in [0.15, 0.2) is 11.5 Å². The smallest absolute Gasteiger partial charge is 0.395 e. The zero-order valence-corrected chi connectivity index (χ0v) is 15.9. The number of aliphatic hydroxyl groups is 1. The van der Waals surface area contributed by atoms with Gasteiger partial charge in [-0.1, -0.05) is 18.2 Å². The van der Waals surface area contributed by atoms with E-state index >= 15 is 0 Å². The van der Waals surface area contributed by atoms with Gasteiger partial charge in [0.2, 0.25) is 10.0 Å². The standard InChI is InChI=1S/C19H18FNO7S/c20-11-4-1-5-12(10-11)29(25,26)21-19(24,18(22)23)28-16-9-3-7-14-13-6-2-8-15(13)27-17(14)16/h1,3-5,7,9-10,13,15,21,24H,2,6,8H2,(H,22,23). The quantitative estimate of drug-likeness (QED) is 0.607. The van der Waals surface area contributed by atoms with Crippen molar-refractivity contribution < 1.29 is 37.3 Å². The summed E-state index contributed by atoms with van der Waals surface area (Å²) in [4.78, 5) is 11.1. The molecular formula is C19H18FNO7S. The molecule has 0 amide bonds. The van der Waals surface area contributed by atoms with E-state index in [1.807, 2.05) is 6.07 Å². The number of carboxylic acids is 1. The number of carboxylic acid groups (broad SMARTS) is 1. The van der Waals surface area contributed by atoms with E-state index in [0.717, 1.165) is 43.0 Å². The van der Waals surface area contributed by atoms with Crippen molar-refractivity contribution in [2.24, 2.45) is 0 Å². The van der Waals surface area contributed by atoms with Gasteiger partial charge in [-0.15, -0.1) is 4.72 Å². The molecule has 2 aromatic rings. The third-order valence-corrected chi connectivity index (χ3v) is 6.48. The Morgan fingerprint density at radius 3 is 2.72 bits per heavy atom. The largest absolute Gasteiger partial charge is 0.486 e. The van der Waals surface area contributed by atoms with Crippen molar-refractivity contribution in [1.29, 1.82) is 0 Å². The van der Waals surface area contributed by atoms with E-state index in [1.54, 1.807) is 10.8 Å². The van der Waals surface area contributed by atoms with Crippen LogP contribution in [0, 0.1) is 5.82 Å². The topological polar surface area (TPSA) is 122 Å². The third kappa shape index (κ3) is 3.54. The molecule has 0 radical (unpaired) electrons. The van der Waals surface area contributed by atoms with Crippen molar-refractivity contribution in [2.45, 2.75) is 42.1 Å². The second kappa shape index (κ2) is 6.97. The van der Waals surface area contributed by atoms with Crippen LogP contribution in [0.1, 0.15) is 30.7 Å². The number of hydrogen-bond acceptors (Lipinski definition) is 6. The maximum Gasteiger partial charge on any atom is 0.395 e. The number of benzene rings is 2. The summed E-state index contributed by atoms with van der Waals surface area (Å²) in [5.74, 6) is -5.84. The zero-order chi connectivity index (χ0) is 20.8. The van der Waals surface area contributed by atoms with E-state index in [4.69, 9.17) is 9.47 Å². The second-order valence-electron chi connectivity index (χ2n) is 6.98. The molecule has 1 aliphatic heterocycles. The normalized spacial score (nSPS) is 22.3. The first-order valence-electron chi connectivity index (χ1n) is 8.93. The molecule has 0 spiro atoms. The fraction of sp³-hybridized carbons (Fsp3) is 0.316. The molecular weight excluding hydrogens is 405 g/mol. The molecule has 1 heterocycles. The number of hydrogen-bond donors (Lipinski definition) is 3. The van der Waals surface area contributed by atoms with Gasteiger partial charge in [0.1, 0.15) is 11.9 Å². The minimum absolute atomic E-state index is 0.0587. The van der Waals surface area contributed by atoms with Gasteiger partial charge >= 0.3 is 11.9 Å². The Morgan fingerprint density at radius 2 is 2.00 bits per heavy atom. The van der Waals surface area contributed by atoms with Crippen LogP contribution in [-0.2, 0) is 14.8 Å². The van der Waals surface area contributed by atoms with Crippen LogP contribution in [0.3, 0.4) is 0 Å². The Bertz CT molecular complexity index is 1070. The van der Waals surface area contributed by atoms with E-state index in [1.165, 1.54) is 6.07 Å². The summed E-state index contributed by atoms with van der Waals surface area (Å²) in [7, 11) is -4.62. The van der Waals surface area contributed by atoms with Gasteiger partial charge in [-0.05, 0) is 43.5 Å². The van der Waals surface area contributed by atoms with Crippen molar-refractivity contribution >= 4 is 16.0 Å². The summed E-state index contributed by atoms with van der Waals surface area (Å²) in [5, 5.41) is 19.9. The first-order chi connectivity index (χ1) is 13.7. The van der Waals surface area contributed by atoms with Crippen LogP contribution in [-0.4, -0.2) is 36.6 Å². The molecule has 1 fully saturated rings. The summed E-state index contributed by atoms with van der Waals surface area (Å²) in [6.45, 7) is 0. The van der Waals surface area contributed by atoms with Gasteiger partial charge < -0.3 is 19.7 Å². The lowest BCUT2D eigenvalue weighted by Gasteiger charge is -2.26. The number of fused-ring (bicyclic) bond motifs is 3. The monoisotopic (exact) mass is 423 g/mol. The highest BCUT2D eigenvalue weighted by molar-refractivity contribution is 7.89. The van der Waals surface area contributed by atoms with Gasteiger partial charge in [-0.2, -0.15) is 0 Å². The van der Waals surface area contributed by atoms with Crippen LogP contribution in [0.5, 0.6) is 11.5 Å². The Hall–Kier alpha value is -2.69. The van der Waals surface area contributed by atoms with Crippen LogP contribution in [0.4, 0.5) is 4.39 Å². The number of halogens is 1. The highest BCUT2D eigenvalue weighted by Gasteiger charge is 2.46. The van der Waals surface area contributed by atoms with Gasteiger partial charge in [0, 0.05) is 11.5 Å². The van der Waals surface area contributed by atoms with E-state index < -0.39 is 32.6 Å². The number of sulfonamides is 1. The Kier molecular flexibility index (Phi) is 4.72. The first kappa shape index (κ1) is 19.6. The molecule has 10 heteroatoms. The maximum atomic E-state index is 13.4. The van der Waals surface area contributed by atoms with Crippen molar-refractivity contribution in [3.05, 3.63) is 53.8 Å². The Balaban J connectivity index is 1.65. The summed E-state index contributed by atoms with van der Waals surface area (Å²) in [5.41, 5.74) is 0.825. The Morgan fingerprint density at radius 1 is 1.24 bits per heavy atom. The molecule has 1 aliphatic carbocycles. The predicted molar refractivity (Wildman–Crippen MR) is 97.4 cm³/mol. The second-order valence-corrected chi connectivity index (χ2v) is 8.66. The molecule has 2 aromatic carbocycles. The third-order valence-electron chi connectivity index (χ3n) is 5.06. The molecule has 29 heavy (non-hydrogen) atoms. The van der Waals surface area contributed by atoms with Crippen LogP contribution in [0.2, 0.25) is 0 Å². The number of carbonyl (C=O) groups is 1. The highest BCUT2D eigenvalue weighted by atomic mass is 32.2. The summed E-state index contributed by atoms with van der Waals surface area (Å²) >= 11 is 0. The minimum Gasteiger partial charge on any atom is -0.486 e. The molecule has 0 aromatic heterocycles. The van der Waals surface area contributed by atoms with Crippen LogP contribution < -0.4 is 14.2 Å². The van der Waals surface area contributed by atoms with E-state index in [2.05, 4.69) is 0 Å². The molecule has 4 rings (SSSR count). The average Bonchev–Trinajstić information content (AvgIpc) is 3.23. The minimum atomic E-state index is -4.62. The van der Waals surface area contributed by atoms with Gasteiger partial charge in [-0.3, -0.25) is 0 Å². The zero-order valence-electron chi connectivity index (χ0n) is 15.0. The fourth-order valence-corrected chi connectivity index (χ4v) is 4.88. The lowest BCUT2D eigenvalue weighted by Crippen LogP contribution is -2.58. The predicted octanol–water partition coefficient (Wildman–Crippen LogP) is 1.94. The maximum absolute atomic E-state index is 13.4. The van der Waals surface area contributed by atoms with Crippen molar-refractivity contribution in [2.75, 3.05) is 0 Å². The van der Waals surface area contributed by atoms with Crippen molar-refractivity contribution in [3.63, 3.8) is 0 Å². The molecule has 3 atom stereocenters. The average molecular weight is 423 g/mol. The Labute approximate surface area is 165 Å². The number of nitrogens with one attached hydrogen (secondary N) is 1. The number of para-hydroxylation sites is 1. The van der Waals surface area contributed by atoms with Gasteiger partial charge in [0.05, 0.1) is 4.90 Å². The SMILES string of the molecule is O=C(O)C(O)(NS(=O)(=O)c1cccc(F)c1)Oc1cccc2c1OC1CCCC21. The highest BCUT2D eigenvalue weighted by Crippen LogP contribution is 2.51. The molecule has 3 N–H and O–H groups in total. The van der Waals surface area contributed by atoms with Gasteiger partial charge in [0.25, 0.3) is 0 Å². The number of rotatable bonds is 6. The molecule has 154 valence electrons. The van der Waals surface area contributed by atoms with E-state index in [0.29, 0.717) is 6.07 Å². The summed E-state index contributed by atoms with van der Waals surface area (Å²) in [6.07, 6.45) is 2.70. The number of ether oxygens (including phenoxy) is 2. The van der Waals surface area contributed by atoms with Crippen LogP contribution in [0.25, 0.3) is 0 Å². The molecule has 0 bridgehead atoms. The van der Waals surface area contributed by atoms with Crippen LogP contribution in [0.15, 0.2) is 47.4 Å². The van der Waals surface area contributed by atoms with E-state index in [9.17, 15) is 27.8 Å². The van der Waals surface area contributed by atoms with Gasteiger partial charge in [-0.25, -0.2) is 17.6 Å². The molecule has 0 saturated heterocycles. The lowest BCUT2D eigenvalue weighted by atomic mass is 9.97. The first-order valence-corrected chi connectivity index (χ1v) is 10.4. The molecule has 8 nitrogen and oxygen atoms in total. The number of aliphatic carboxylic acids is 1.